The van der Waals surface area contributed by atoms with Crippen molar-refractivity contribution in [1.82, 2.24) is 0 Å². The quantitative estimate of drug-likeness (QED) is 0.746. The molecule has 0 saturated heterocycles. The molecule has 25 heavy (non-hydrogen) atoms. The molecule has 3 aliphatic carbocycles. The van der Waals surface area contributed by atoms with Crippen molar-refractivity contribution >= 4 is 15.8 Å². The molecule has 0 aliphatic heterocycles. The van der Waals surface area contributed by atoms with Gasteiger partial charge in [-0.05, 0) is 55.1 Å². The second kappa shape index (κ2) is 6.42. The van der Waals surface area contributed by atoms with Crippen LogP contribution >= 0.6 is 0 Å². The first kappa shape index (κ1) is 18.4. The second-order valence-electron chi connectivity index (χ2n) is 8.37. The van der Waals surface area contributed by atoms with Crippen molar-refractivity contribution in [1.29, 1.82) is 0 Å². The zero-order chi connectivity index (χ0) is 18.4. The molecular formula is C20H28O4S. The van der Waals surface area contributed by atoms with E-state index in [1.807, 2.05) is 6.92 Å². The van der Waals surface area contributed by atoms with Crippen molar-refractivity contribution in [2.75, 3.05) is 5.75 Å². The summed E-state index contributed by atoms with van der Waals surface area (Å²) in [7, 11) is -3.45. The van der Waals surface area contributed by atoms with Crippen LogP contribution in [-0.2, 0) is 19.4 Å². The number of benzene rings is 1. The molecule has 0 radical (unpaired) electrons. The van der Waals surface area contributed by atoms with Crippen molar-refractivity contribution in [3.05, 3.63) is 29.8 Å². The first-order valence-corrected chi connectivity index (χ1v) is 10.8. The Balaban J connectivity index is 1.54. The van der Waals surface area contributed by atoms with Gasteiger partial charge in [0.2, 0.25) is 0 Å². The lowest BCUT2D eigenvalue weighted by atomic mass is 9.45. The molecule has 4 unspecified atom stereocenters. The van der Waals surface area contributed by atoms with Gasteiger partial charge >= 0.3 is 5.97 Å². The lowest BCUT2D eigenvalue weighted by molar-refractivity contribution is -0.185. The second-order valence-corrected chi connectivity index (χ2v) is 10.5. The number of carbonyl (C=O) groups excluding carboxylic acids is 1. The smallest absolute Gasteiger partial charge is 0.307 e. The molecule has 2 bridgehead atoms. The molecule has 1 aromatic carbocycles. The molecule has 1 aromatic rings. The highest BCUT2D eigenvalue weighted by Crippen LogP contribution is 2.61. The van der Waals surface area contributed by atoms with Crippen molar-refractivity contribution in [3.63, 3.8) is 0 Å². The zero-order valence-electron chi connectivity index (χ0n) is 15.5. The number of aryl methyl sites for hydroxylation is 1. The molecule has 0 aromatic heterocycles. The number of esters is 1. The number of ether oxygens (including phenoxy) is 1. The van der Waals surface area contributed by atoms with E-state index < -0.39 is 15.8 Å². The van der Waals surface area contributed by atoms with E-state index in [2.05, 4.69) is 20.8 Å². The zero-order valence-corrected chi connectivity index (χ0v) is 16.3. The van der Waals surface area contributed by atoms with Crippen LogP contribution in [0.5, 0.6) is 0 Å². The molecule has 0 heterocycles. The van der Waals surface area contributed by atoms with Gasteiger partial charge in [-0.2, -0.15) is 0 Å². The Morgan fingerprint density at radius 3 is 2.40 bits per heavy atom. The van der Waals surface area contributed by atoms with Crippen LogP contribution in [0.2, 0.25) is 0 Å². The van der Waals surface area contributed by atoms with E-state index in [0.717, 1.165) is 12.0 Å². The van der Waals surface area contributed by atoms with Gasteiger partial charge in [0.1, 0.15) is 6.10 Å². The van der Waals surface area contributed by atoms with Crippen LogP contribution in [0, 0.1) is 30.1 Å². The minimum absolute atomic E-state index is 0.0636. The number of sulfone groups is 1. The van der Waals surface area contributed by atoms with Gasteiger partial charge in [0.15, 0.2) is 9.84 Å². The molecule has 3 saturated carbocycles. The van der Waals surface area contributed by atoms with Crippen LogP contribution in [0.25, 0.3) is 0 Å². The van der Waals surface area contributed by atoms with Gasteiger partial charge in [0.25, 0.3) is 0 Å². The fourth-order valence-electron chi connectivity index (χ4n) is 4.57. The van der Waals surface area contributed by atoms with E-state index in [4.69, 9.17) is 4.74 Å². The van der Waals surface area contributed by atoms with Crippen LogP contribution in [0.1, 0.15) is 45.6 Å². The van der Waals surface area contributed by atoms with Crippen LogP contribution in [0.15, 0.2) is 29.2 Å². The summed E-state index contributed by atoms with van der Waals surface area (Å²) < 4.78 is 30.3. The summed E-state index contributed by atoms with van der Waals surface area (Å²) in [6.45, 7) is 8.66. The third kappa shape index (κ3) is 3.48. The molecule has 0 amide bonds. The van der Waals surface area contributed by atoms with Crippen LogP contribution < -0.4 is 0 Å². The number of carbonyl (C=O) groups is 1. The summed E-state index contributed by atoms with van der Waals surface area (Å²) in [4.78, 5) is 12.4. The Bertz CT molecular complexity index is 748. The number of hydrogen-bond acceptors (Lipinski definition) is 4. The standard InChI is InChI=1S/C20H28O4S/c1-13-5-7-16(8-6-13)25(22,23)10-9-19(21)24-18-12-15-11-17(14(18)2)20(15,3)4/h5-8,14-15,17-18H,9-12H2,1-4H3. The fraction of sp³-hybridized carbons (Fsp3) is 0.650. The summed E-state index contributed by atoms with van der Waals surface area (Å²) in [6, 6.07) is 6.72. The minimum Gasteiger partial charge on any atom is -0.462 e. The normalized spacial score (nSPS) is 30.4. The maximum Gasteiger partial charge on any atom is 0.307 e. The Kier molecular flexibility index (Phi) is 4.73. The Hall–Kier alpha value is -1.36. The van der Waals surface area contributed by atoms with E-state index >= 15 is 0 Å². The maximum atomic E-state index is 12.3. The minimum atomic E-state index is -3.45. The average molecular weight is 365 g/mol. The van der Waals surface area contributed by atoms with Crippen LogP contribution in [0.3, 0.4) is 0 Å². The van der Waals surface area contributed by atoms with Gasteiger partial charge in [-0.3, -0.25) is 4.79 Å². The monoisotopic (exact) mass is 364 g/mol. The van der Waals surface area contributed by atoms with Gasteiger partial charge in [-0.1, -0.05) is 38.5 Å². The SMILES string of the molecule is Cc1ccc(S(=O)(=O)CCC(=O)OC2CC3CC(C2C)C3(C)C)cc1. The fourth-order valence-corrected chi connectivity index (χ4v) is 5.79. The molecule has 0 spiro atoms. The van der Waals surface area contributed by atoms with E-state index in [1.54, 1.807) is 24.3 Å². The summed E-state index contributed by atoms with van der Waals surface area (Å²) in [5, 5.41) is 0. The predicted octanol–water partition coefficient (Wildman–Crippen LogP) is 3.77. The first-order valence-electron chi connectivity index (χ1n) is 9.10. The lowest BCUT2D eigenvalue weighted by Gasteiger charge is -2.61. The van der Waals surface area contributed by atoms with Crippen LogP contribution in [0.4, 0.5) is 0 Å². The lowest BCUT2D eigenvalue weighted by Crippen LogP contribution is -2.57. The van der Waals surface area contributed by atoms with Gasteiger partial charge in [0.05, 0.1) is 17.1 Å². The highest BCUT2D eigenvalue weighted by molar-refractivity contribution is 7.91. The third-order valence-electron chi connectivity index (χ3n) is 6.52. The summed E-state index contributed by atoms with van der Waals surface area (Å²) in [5.41, 5.74) is 1.35. The van der Waals surface area contributed by atoms with Gasteiger partial charge < -0.3 is 4.74 Å². The Labute approximate surface area is 150 Å². The summed E-state index contributed by atoms with van der Waals surface area (Å²) in [6.07, 6.45) is 1.98. The molecule has 3 fully saturated rings. The summed E-state index contributed by atoms with van der Waals surface area (Å²) >= 11 is 0. The van der Waals surface area contributed by atoms with Gasteiger partial charge in [-0.25, -0.2) is 8.42 Å². The third-order valence-corrected chi connectivity index (χ3v) is 8.25. The molecule has 3 aliphatic rings. The first-order chi connectivity index (χ1) is 11.6. The maximum absolute atomic E-state index is 12.3. The molecule has 138 valence electrons. The number of hydrogen-bond donors (Lipinski definition) is 0. The average Bonchev–Trinajstić information content (AvgIpc) is 2.55. The molecule has 5 heteroatoms. The molecular weight excluding hydrogens is 336 g/mol. The highest BCUT2D eigenvalue weighted by atomic mass is 32.2. The van der Waals surface area contributed by atoms with Gasteiger partial charge in [-0.15, -0.1) is 0 Å². The van der Waals surface area contributed by atoms with E-state index in [1.165, 1.54) is 6.42 Å². The van der Waals surface area contributed by atoms with Crippen molar-refractivity contribution in [2.24, 2.45) is 23.2 Å². The van der Waals surface area contributed by atoms with Crippen molar-refractivity contribution in [2.45, 2.75) is 58.0 Å². The van der Waals surface area contributed by atoms with E-state index in [0.29, 0.717) is 23.2 Å². The van der Waals surface area contributed by atoms with E-state index in [9.17, 15) is 13.2 Å². The number of fused-ring (bicyclic) bond motifs is 2. The highest BCUT2D eigenvalue weighted by Gasteiger charge is 2.57. The topological polar surface area (TPSA) is 60.4 Å². The van der Waals surface area contributed by atoms with Crippen molar-refractivity contribution in [3.8, 4) is 0 Å². The Morgan fingerprint density at radius 2 is 1.84 bits per heavy atom. The molecule has 0 N–H and O–H groups in total. The Morgan fingerprint density at radius 1 is 1.20 bits per heavy atom. The largest absolute Gasteiger partial charge is 0.462 e. The van der Waals surface area contributed by atoms with Crippen LogP contribution in [-0.4, -0.2) is 26.2 Å². The van der Waals surface area contributed by atoms with Gasteiger partial charge in [0, 0.05) is 0 Å². The summed E-state index contributed by atoms with van der Waals surface area (Å²) in [5.74, 6) is 0.960. The van der Waals surface area contributed by atoms with E-state index in [-0.39, 0.29) is 23.2 Å². The predicted molar refractivity (Wildman–Crippen MR) is 96.9 cm³/mol. The molecule has 4 rings (SSSR count). The molecule has 4 atom stereocenters. The number of rotatable bonds is 5. The van der Waals surface area contributed by atoms with Crippen molar-refractivity contribution < 1.29 is 17.9 Å². The molecule has 4 nitrogen and oxygen atoms in total.